The van der Waals surface area contributed by atoms with Crippen LogP contribution in [-0.2, 0) is 11.3 Å². The van der Waals surface area contributed by atoms with Gasteiger partial charge in [0.05, 0.1) is 12.7 Å². The quantitative estimate of drug-likeness (QED) is 0.817. The Kier molecular flexibility index (Phi) is 5.60. The van der Waals surface area contributed by atoms with Crippen molar-refractivity contribution in [3.05, 3.63) is 71.8 Å². The molecule has 0 saturated heterocycles. The summed E-state index contributed by atoms with van der Waals surface area (Å²) in [5.41, 5.74) is 2.43. The molecular formula is C17H21NO. The second kappa shape index (κ2) is 7.72. The second-order valence-electron chi connectivity index (χ2n) is 4.50. The van der Waals surface area contributed by atoms with E-state index in [-0.39, 0.29) is 6.10 Å². The Morgan fingerprint density at radius 3 is 2.21 bits per heavy atom. The third kappa shape index (κ3) is 4.51. The van der Waals surface area contributed by atoms with E-state index < -0.39 is 0 Å². The van der Waals surface area contributed by atoms with Crippen LogP contribution in [0.25, 0.3) is 0 Å². The van der Waals surface area contributed by atoms with Gasteiger partial charge in [-0.3, -0.25) is 0 Å². The van der Waals surface area contributed by atoms with Gasteiger partial charge in [-0.1, -0.05) is 67.6 Å². The van der Waals surface area contributed by atoms with E-state index in [1.165, 1.54) is 11.1 Å². The minimum atomic E-state index is 0.0985. The third-order valence-electron chi connectivity index (χ3n) is 3.05. The lowest BCUT2D eigenvalue weighted by Gasteiger charge is -2.19. The van der Waals surface area contributed by atoms with E-state index >= 15 is 0 Å². The first-order valence-electron chi connectivity index (χ1n) is 6.81. The van der Waals surface area contributed by atoms with Gasteiger partial charge in [-0.15, -0.1) is 0 Å². The Bertz CT molecular complexity index is 455. The summed E-state index contributed by atoms with van der Waals surface area (Å²) in [6.45, 7) is 4.55. The topological polar surface area (TPSA) is 21.3 Å². The number of benzene rings is 2. The molecule has 0 saturated carbocycles. The molecule has 2 aromatic carbocycles. The summed E-state index contributed by atoms with van der Waals surface area (Å²) in [5, 5.41) is 3.36. The van der Waals surface area contributed by atoms with E-state index in [2.05, 4.69) is 48.6 Å². The molecule has 0 aliphatic rings. The molecule has 0 aliphatic heterocycles. The number of rotatable bonds is 7. The maximum absolute atomic E-state index is 6.05. The summed E-state index contributed by atoms with van der Waals surface area (Å²) in [5.74, 6) is 0. The van der Waals surface area contributed by atoms with Crippen molar-refractivity contribution in [1.29, 1.82) is 0 Å². The van der Waals surface area contributed by atoms with E-state index in [9.17, 15) is 0 Å². The molecule has 2 rings (SSSR count). The van der Waals surface area contributed by atoms with E-state index in [4.69, 9.17) is 4.74 Å². The van der Waals surface area contributed by atoms with Crippen LogP contribution in [0.1, 0.15) is 24.2 Å². The fraction of sp³-hybridized carbons (Fsp3) is 0.294. The van der Waals surface area contributed by atoms with Crippen LogP contribution in [0, 0.1) is 0 Å². The highest BCUT2D eigenvalue weighted by molar-refractivity contribution is 5.18. The molecule has 1 N–H and O–H groups in total. The second-order valence-corrected chi connectivity index (χ2v) is 4.50. The SMILES string of the molecule is CCNCC(OCc1ccccc1)c1ccccc1. The predicted octanol–water partition coefficient (Wildman–Crippen LogP) is 3.55. The molecule has 1 unspecified atom stereocenters. The van der Waals surface area contributed by atoms with Crippen molar-refractivity contribution in [2.75, 3.05) is 13.1 Å². The summed E-state index contributed by atoms with van der Waals surface area (Å²) < 4.78 is 6.05. The Labute approximate surface area is 115 Å². The van der Waals surface area contributed by atoms with Crippen LogP contribution in [0.15, 0.2) is 60.7 Å². The van der Waals surface area contributed by atoms with Crippen LogP contribution in [0.2, 0.25) is 0 Å². The molecule has 0 amide bonds. The predicted molar refractivity (Wildman–Crippen MR) is 79.0 cm³/mol. The van der Waals surface area contributed by atoms with E-state index in [0.29, 0.717) is 6.61 Å². The molecule has 0 heterocycles. The fourth-order valence-corrected chi connectivity index (χ4v) is 1.99. The molecule has 2 nitrogen and oxygen atoms in total. The summed E-state index contributed by atoms with van der Waals surface area (Å²) >= 11 is 0. The first kappa shape index (κ1) is 13.8. The maximum Gasteiger partial charge on any atom is 0.0953 e. The van der Waals surface area contributed by atoms with Crippen LogP contribution in [0.3, 0.4) is 0 Å². The first-order chi connectivity index (χ1) is 9.40. The van der Waals surface area contributed by atoms with Gasteiger partial charge in [0.15, 0.2) is 0 Å². The molecule has 0 fully saturated rings. The van der Waals surface area contributed by atoms with Crippen molar-refractivity contribution >= 4 is 0 Å². The highest BCUT2D eigenvalue weighted by Gasteiger charge is 2.11. The van der Waals surface area contributed by atoms with Crippen molar-refractivity contribution in [3.63, 3.8) is 0 Å². The van der Waals surface area contributed by atoms with Gasteiger partial charge in [0.1, 0.15) is 0 Å². The zero-order chi connectivity index (χ0) is 13.3. The molecule has 0 spiro atoms. The Morgan fingerprint density at radius 2 is 1.58 bits per heavy atom. The van der Waals surface area contributed by atoms with Gasteiger partial charge in [0, 0.05) is 6.54 Å². The molecule has 2 aromatic rings. The van der Waals surface area contributed by atoms with Gasteiger partial charge in [0.2, 0.25) is 0 Å². The monoisotopic (exact) mass is 255 g/mol. The van der Waals surface area contributed by atoms with Crippen molar-refractivity contribution in [1.82, 2.24) is 5.32 Å². The highest BCUT2D eigenvalue weighted by atomic mass is 16.5. The summed E-state index contributed by atoms with van der Waals surface area (Å²) in [7, 11) is 0. The van der Waals surface area contributed by atoms with Crippen molar-refractivity contribution in [3.8, 4) is 0 Å². The smallest absolute Gasteiger partial charge is 0.0953 e. The maximum atomic E-state index is 6.05. The molecular weight excluding hydrogens is 234 g/mol. The van der Waals surface area contributed by atoms with Crippen LogP contribution >= 0.6 is 0 Å². The van der Waals surface area contributed by atoms with E-state index in [1.807, 2.05) is 24.3 Å². The van der Waals surface area contributed by atoms with Gasteiger partial charge in [-0.05, 0) is 17.7 Å². The average Bonchev–Trinajstić information content (AvgIpc) is 2.49. The molecule has 0 aromatic heterocycles. The van der Waals surface area contributed by atoms with Crippen LogP contribution < -0.4 is 5.32 Å². The minimum Gasteiger partial charge on any atom is -0.368 e. The van der Waals surface area contributed by atoms with Gasteiger partial charge >= 0.3 is 0 Å². The summed E-state index contributed by atoms with van der Waals surface area (Å²) in [4.78, 5) is 0. The number of ether oxygens (including phenoxy) is 1. The standard InChI is InChI=1S/C17H21NO/c1-2-18-13-17(16-11-7-4-8-12-16)19-14-15-9-5-3-6-10-15/h3-12,17-18H,2,13-14H2,1H3. The number of hydrogen-bond donors (Lipinski definition) is 1. The lowest BCUT2D eigenvalue weighted by molar-refractivity contribution is 0.0401. The highest BCUT2D eigenvalue weighted by Crippen LogP contribution is 2.18. The molecule has 0 bridgehead atoms. The van der Waals surface area contributed by atoms with Crippen molar-refractivity contribution < 1.29 is 4.74 Å². The van der Waals surface area contributed by atoms with Crippen molar-refractivity contribution in [2.45, 2.75) is 19.6 Å². The van der Waals surface area contributed by atoms with Crippen LogP contribution in [-0.4, -0.2) is 13.1 Å². The number of hydrogen-bond acceptors (Lipinski definition) is 2. The summed E-state index contributed by atoms with van der Waals surface area (Å²) in [6, 6.07) is 20.7. The molecule has 1 atom stereocenters. The molecule has 2 heteroatoms. The third-order valence-corrected chi connectivity index (χ3v) is 3.05. The van der Waals surface area contributed by atoms with Gasteiger partial charge in [-0.25, -0.2) is 0 Å². The zero-order valence-electron chi connectivity index (χ0n) is 11.4. The van der Waals surface area contributed by atoms with Gasteiger partial charge in [0.25, 0.3) is 0 Å². The van der Waals surface area contributed by atoms with E-state index in [0.717, 1.165) is 13.1 Å². The molecule has 0 aliphatic carbocycles. The molecule has 19 heavy (non-hydrogen) atoms. The lowest BCUT2D eigenvalue weighted by Crippen LogP contribution is -2.23. The fourth-order valence-electron chi connectivity index (χ4n) is 1.99. The molecule has 0 radical (unpaired) electrons. The average molecular weight is 255 g/mol. The minimum absolute atomic E-state index is 0.0985. The molecule has 100 valence electrons. The Hall–Kier alpha value is -1.64. The Balaban J connectivity index is 1.98. The summed E-state index contributed by atoms with van der Waals surface area (Å²) in [6.07, 6.45) is 0.0985. The number of nitrogens with one attached hydrogen (secondary N) is 1. The van der Waals surface area contributed by atoms with Crippen molar-refractivity contribution in [2.24, 2.45) is 0 Å². The zero-order valence-corrected chi connectivity index (χ0v) is 11.4. The van der Waals surface area contributed by atoms with E-state index in [1.54, 1.807) is 0 Å². The van der Waals surface area contributed by atoms with Gasteiger partial charge in [-0.2, -0.15) is 0 Å². The normalized spacial score (nSPS) is 12.3. The van der Waals surface area contributed by atoms with Gasteiger partial charge < -0.3 is 10.1 Å². The van der Waals surface area contributed by atoms with Crippen LogP contribution in [0.5, 0.6) is 0 Å². The lowest BCUT2D eigenvalue weighted by atomic mass is 10.1. The largest absolute Gasteiger partial charge is 0.368 e. The number of likely N-dealkylation sites (N-methyl/N-ethyl adjacent to an activating group) is 1. The van der Waals surface area contributed by atoms with Crippen LogP contribution in [0.4, 0.5) is 0 Å². The Morgan fingerprint density at radius 1 is 0.947 bits per heavy atom. The first-order valence-corrected chi connectivity index (χ1v) is 6.81.